The minimum atomic E-state index is -4.81. The number of nitro benzene ring substituents is 1. The second-order valence-corrected chi connectivity index (χ2v) is 6.74. The molecule has 1 unspecified atom stereocenters. The molecule has 0 saturated carbocycles. The molecule has 0 fully saturated rings. The number of hydrogen-bond acceptors (Lipinski definition) is 5. The molecule has 0 heterocycles. The Bertz CT molecular complexity index is 867. The van der Waals surface area contributed by atoms with E-state index in [0.29, 0.717) is 6.07 Å². The van der Waals surface area contributed by atoms with E-state index in [1.54, 1.807) is 6.07 Å². The fraction of sp³-hybridized carbons (Fsp3) is 0.143. The highest BCUT2D eigenvalue weighted by Crippen LogP contribution is 2.35. The molecule has 0 aliphatic rings. The minimum absolute atomic E-state index is 0.207. The van der Waals surface area contributed by atoms with Crippen molar-refractivity contribution in [3.63, 3.8) is 0 Å². The molecule has 2 rings (SSSR count). The Morgan fingerprint density at radius 1 is 1.08 bits per heavy atom. The summed E-state index contributed by atoms with van der Waals surface area (Å²) < 4.78 is 62.9. The van der Waals surface area contributed by atoms with Crippen LogP contribution in [-0.4, -0.2) is 19.5 Å². The maximum absolute atomic E-state index is 12.7. The Morgan fingerprint density at radius 3 is 2.17 bits per heavy atom. The third-order valence-corrected chi connectivity index (χ3v) is 5.05. The lowest BCUT2D eigenvalue weighted by atomic mass is 10.1. The molecule has 0 saturated heterocycles. The number of benzene rings is 2. The van der Waals surface area contributed by atoms with Gasteiger partial charge in [0.25, 0.3) is 5.69 Å². The van der Waals surface area contributed by atoms with E-state index in [4.69, 9.17) is 5.73 Å². The average Bonchev–Trinajstić information content (AvgIpc) is 2.53. The average molecular weight is 360 g/mol. The summed E-state index contributed by atoms with van der Waals surface area (Å²) in [4.78, 5) is 9.19. The largest absolute Gasteiger partial charge is 0.407 e. The standard InChI is InChI=1S/C14H11F3N2O4S/c15-14(16,17)13(18)9-6-7-12(11(8-9)19(20)21)24(22,23)10-4-2-1-3-5-10/h1-8,13H,18H2. The van der Waals surface area contributed by atoms with E-state index < -0.39 is 43.1 Å². The summed E-state index contributed by atoms with van der Waals surface area (Å²) >= 11 is 0. The van der Waals surface area contributed by atoms with E-state index in [1.165, 1.54) is 24.3 Å². The van der Waals surface area contributed by atoms with E-state index >= 15 is 0 Å². The molecular formula is C14H11F3N2O4S. The highest BCUT2D eigenvalue weighted by molar-refractivity contribution is 7.91. The van der Waals surface area contributed by atoms with Crippen molar-refractivity contribution in [2.45, 2.75) is 22.0 Å². The number of sulfone groups is 1. The molecular weight excluding hydrogens is 349 g/mol. The quantitative estimate of drug-likeness (QED) is 0.667. The topological polar surface area (TPSA) is 103 Å². The van der Waals surface area contributed by atoms with Gasteiger partial charge in [-0.05, 0) is 23.8 Å². The summed E-state index contributed by atoms with van der Waals surface area (Å²) in [6.45, 7) is 0. The van der Waals surface area contributed by atoms with E-state index in [1.807, 2.05) is 0 Å². The first kappa shape index (κ1) is 17.9. The van der Waals surface area contributed by atoms with Gasteiger partial charge in [-0.1, -0.05) is 24.3 Å². The Labute approximate surface area is 134 Å². The second kappa shape index (κ2) is 6.21. The highest BCUT2D eigenvalue weighted by Gasteiger charge is 2.39. The van der Waals surface area contributed by atoms with Gasteiger partial charge < -0.3 is 5.73 Å². The van der Waals surface area contributed by atoms with Crippen LogP contribution in [0.4, 0.5) is 18.9 Å². The van der Waals surface area contributed by atoms with Gasteiger partial charge in [0.2, 0.25) is 9.84 Å². The Kier molecular flexibility index (Phi) is 4.63. The smallest absolute Gasteiger partial charge is 0.316 e. The molecule has 0 aliphatic heterocycles. The molecule has 2 aromatic rings. The van der Waals surface area contributed by atoms with Crippen molar-refractivity contribution in [2.24, 2.45) is 5.73 Å². The predicted molar refractivity (Wildman–Crippen MR) is 78.0 cm³/mol. The normalized spacial score (nSPS) is 13.5. The van der Waals surface area contributed by atoms with Crippen LogP contribution in [0.5, 0.6) is 0 Å². The molecule has 1 atom stereocenters. The molecule has 2 N–H and O–H groups in total. The molecule has 24 heavy (non-hydrogen) atoms. The Morgan fingerprint density at radius 2 is 1.67 bits per heavy atom. The molecule has 0 aliphatic carbocycles. The van der Waals surface area contributed by atoms with Crippen molar-refractivity contribution >= 4 is 15.5 Å². The SMILES string of the molecule is NC(c1ccc(S(=O)(=O)c2ccccc2)c([N+](=O)[O-])c1)C(F)(F)F. The summed E-state index contributed by atoms with van der Waals surface area (Å²) in [6.07, 6.45) is -4.81. The maximum atomic E-state index is 12.7. The highest BCUT2D eigenvalue weighted by atomic mass is 32.2. The summed E-state index contributed by atoms with van der Waals surface area (Å²) in [7, 11) is -4.26. The van der Waals surface area contributed by atoms with Crippen LogP contribution in [-0.2, 0) is 9.84 Å². The number of rotatable bonds is 4. The minimum Gasteiger partial charge on any atom is -0.316 e. The van der Waals surface area contributed by atoms with Crippen molar-refractivity contribution in [3.8, 4) is 0 Å². The summed E-state index contributed by atoms with van der Waals surface area (Å²) in [6, 6.07) is 6.53. The first-order valence-electron chi connectivity index (χ1n) is 6.46. The van der Waals surface area contributed by atoms with Gasteiger partial charge in [-0.15, -0.1) is 0 Å². The molecule has 0 bridgehead atoms. The van der Waals surface area contributed by atoms with Gasteiger partial charge in [-0.3, -0.25) is 10.1 Å². The van der Waals surface area contributed by atoms with Crippen molar-refractivity contribution in [2.75, 3.05) is 0 Å². The van der Waals surface area contributed by atoms with Crippen LogP contribution in [0.25, 0.3) is 0 Å². The Balaban J connectivity index is 2.63. The van der Waals surface area contributed by atoms with Crippen molar-refractivity contribution in [3.05, 3.63) is 64.2 Å². The van der Waals surface area contributed by atoms with Crippen molar-refractivity contribution in [1.29, 1.82) is 0 Å². The number of nitrogens with two attached hydrogens (primary N) is 1. The van der Waals surface area contributed by atoms with Gasteiger partial charge in [0.05, 0.1) is 9.82 Å². The zero-order valence-electron chi connectivity index (χ0n) is 11.9. The summed E-state index contributed by atoms with van der Waals surface area (Å²) in [5.41, 5.74) is 3.46. The fourth-order valence-electron chi connectivity index (χ4n) is 2.01. The van der Waals surface area contributed by atoms with Gasteiger partial charge in [0, 0.05) is 6.07 Å². The van der Waals surface area contributed by atoms with E-state index in [2.05, 4.69) is 0 Å². The van der Waals surface area contributed by atoms with Crippen LogP contribution >= 0.6 is 0 Å². The first-order valence-corrected chi connectivity index (χ1v) is 7.94. The number of nitrogens with zero attached hydrogens (tertiary/aromatic N) is 1. The molecule has 0 radical (unpaired) electrons. The van der Waals surface area contributed by atoms with Crippen LogP contribution in [0.15, 0.2) is 58.3 Å². The lowest BCUT2D eigenvalue weighted by molar-refractivity contribution is -0.387. The van der Waals surface area contributed by atoms with Gasteiger partial charge in [0.1, 0.15) is 10.9 Å². The lowest BCUT2D eigenvalue weighted by Gasteiger charge is -2.16. The molecule has 2 aromatic carbocycles. The Hall–Kier alpha value is -2.46. The zero-order chi connectivity index (χ0) is 18.1. The zero-order valence-corrected chi connectivity index (χ0v) is 12.7. The summed E-state index contributed by atoms with van der Waals surface area (Å²) in [5.74, 6) is 0. The van der Waals surface area contributed by atoms with Crippen LogP contribution in [0.2, 0.25) is 0 Å². The predicted octanol–water partition coefficient (Wildman–Crippen LogP) is 2.99. The monoisotopic (exact) mass is 360 g/mol. The van der Waals surface area contributed by atoms with Crippen LogP contribution in [0.1, 0.15) is 11.6 Å². The molecule has 0 aromatic heterocycles. The summed E-state index contributed by atoms with van der Waals surface area (Å²) in [5, 5.41) is 11.1. The van der Waals surface area contributed by atoms with Crippen molar-refractivity contribution < 1.29 is 26.5 Å². The van der Waals surface area contributed by atoms with Gasteiger partial charge in [-0.2, -0.15) is 13.2 Å². The van der Waals surface area contributed by atoms with Crippen LogP contribution in [0.3, 0.4) is 0 Å². The number of hydrogen-bond donors (Lipinski definition) is 1. The lowest BCUT2D eigenvalue weighted by Crippen LogP contribution is -2.28. The third-order valence-electron chi connectivity index (χ3n) is 3.23. The molecule has 10 heteroatoms. The number of halogens is 3. The van der Waals surface area contributed by atoms with Gasteiger partial charge in [-0.25, -0.2) is 8.42 Å². The molecule has 0 spiro atoms. The fourth-order valence-corrected chi connectivity index (χ4v) is 3.44. The number of alkyl halides is 3. The van der Waals surface area contributed by atoms with Gasteiger partial charge >= 0.3 is 6.18 Å². The van der Waals surface area contributed by atoms with Crippen molar-refractivity contribution in [1.82, 2.24) is 0 Å². The molecule has 128 valence electrons. The van der Waals surface area contributed by atoms with Crippen LogP contribution < -0.4 is 5.73 Å². The first-order chi connectivity index (χ1) is 11.0. The molecule has 0 amide bonds. The van der Waals surface area contributed by atoms with E-state index in [0.717, 1.165) is 12.1 Å². The maximum Gasteiger partial charge on any atom is 0.407 e. The van der Waals surface area contributed by atoms with Gasteiger partial charge in [0.15, 0.2) is 0 Å². The molecule has 6 nitrogen and oxygen atoms in total. The van der Waals surface area contributed by atoms with E-state index in [-0.39, 0.29) is 4.90 Å². The third kappa shape index (κ3) is 3.39. The second-order valence-electron chi connectivity index (χ2n) is 4.82. The van der Waals surface area contributed by atoms with Crippen LogP contribution in [0, 0.1) is 10.1 Å². The van der Waals surface area contributed by atoms with E-state index in [9.17, 15) is 31.7 Å². The number of nitro groups is 1.